The molecule has 11 nitrogen and oxygen atoms in total. The van der Waals surface area contributed by atoms with E-state index in [2.05, 4.69) is 20.4 Å². The summed E-state index contributed by atoms with van der Waals surface area (Å²) in [6.45, 7) is 5.55. The summed E-state index contributed by atoms with van der Waals surface area (Å²) in [4.78, 5) is 21.6. The van der Waals surface area contributed by atoms with Gasteiger partial charge in [0, 0.05) is 37.5 Å². The van der Waals surface area contributed by atoms with Gasteiger partial charge in [-0.05, 0) is 73.4 Å². The second-order valence-corrected chi connectivity index (χ2v) is 12.6. The molecule has 49 heavy (non-hydrogen) atoms. The first-order chi connectivity index (χ1) is 23.3. The van der Waals surface area contributed by atoms with Crippen LogP contribution in [0, 0.1) is 18.2 Å². The van der Waals surface area contributed by atoms with E-state index in [9.17, 15) is 27.5 Å². The summed E-state index contributed by atoms with van der Waals surface area (Å²) >= 11 is 0. The zero-order chi connectivity index (χ0) is 34.9. The second-order valence-electron chi connectivity index (χ2n) is 12.6. The van der Waals surface area contributed by atoms with E-state index in [1.165, 1.54) is 47.3 Å². The van der Waals surface area contributed by atoms with E-state index >= 15 is 0 Å². The average molecular weight is 684 g/mol. The number of anilines is 2. The van der Waals surface area contributed by atoms with Gasteiger partial charge in [0.15, 0.2) is 11.6 Å². The molecule has 6 rings (SSSR count). The Balaban J connectivity index is 1.30. The Labute approximate surface area is 280 Å². The Morgan fingerprint density at radius 1 is 1.12 bits per heavy atom. The van der Waals surface area contributed by atoms with Gasteiger partial charge in [-0.15, -0.1) is 0 Å². The molecule has 0 saturated carbocycles. The van der Waals surface area contributed by atoms with E-state index in [1.54, 1.807) is 19.1 Å². The van der Waals surface area contributed by atoms with Crippen LogP contribution < -0.4 is 25.4 Å². The van der Waals surface area contributed by atoms with Crippen LogP contribution in [0.1, 0.15) is 50.0 Å². The number of aliphatic carboxylic acids is 1. The number of benzene rings is 2. The summed E-state index contributed by atoms with van der Waals surface area (Å²) in [5.74, 6) is -1.70. The van der Waals surface area contributed by atoms with E-state index in [4.69, 9.17) is 15.2 Å². The largest absolute Gasteiger partial charge is 0.491 e. The minimum absolute atomic E-state index is 0.0769. The monoisotopic (exact) mass is 683 g/mol. The van der Waals surface area contributed by atoms with Gasteiger partial charge in [-0.2, -0.15) is 28.2 Å². The molecule has 1 spiro atoms. The molecule has 4 aromatic rings. The molecule has 4 heterocycles. The number of nitrogen functional groups attached to an aromatic ring is 1. The number of nitrogens with one attached hydrogen (secondary N) is 1. The van der Waals surface area contributed by atoms with Crippen molar-refractivity contribution in [2.24, 2.45) is 5.41 Å². The Bertz CT molecular complexity index is 1820. The number of halogens is 4. The fourth-order valence-electron chi connectivity index (χ4n) is 6.46. The highest BCUT2D eigenvalue weighted by Gasteiger charge is 2.46. The van der Waals surface area contributed by atoms with Gasteiger partial charge >= 0.3 is 12.1 Å². The van der Waals surface area contributed by atoms with Gasteiger partial charge in [-0.3, -0.25) is 4.79 Å². The normalized spacial score (nSPS) is 18.1. The molecule has 2 fully saturated rings. The van der Waals surface area contributed by atoms with Crippen LogP contribution in [0.5, 0.6) is 11.6 Å². The molecule has 0 radical (unpaired) electrons. The Hall–Kier alpha value is -4.92. The molecule has 2 aromatic carbocycles. The molecule has 0 amide bonds. The van der Waals surface area contributed by atoms with Gasteiger partial charge in [0.25, 0.3) is 0 Å². The first kappa shape index (κ1) is 34.0. The summed E-state index contributed by atoms with van der Waals surface area (Å²) in [5.41, 5.74) is 7.10. The quantitative estimate of drug-likeness (QED) is 0.174. The number of hydrogen-bond donors (Lipinski definition) is 3. The third-order valence-electron chi connectivity index (χ3n) is 9.06. The predicted molar refractivity (Wildman–Crippen MR) is 173 cm³/mol. The molecule has 15 heteroatoms. The van der Waals surface area contributed by atoms with Crippen molar-refractivity contribution in [1.82, 2.24) is 25.1 Å². The lowest BCUT2D eigenvalue weighted by Crippen LogP contribution is -2.41. The number of carboxylic acid groups (broad SMARTS) is 1. The third kappa shape index (κ3) is 7.41. The molecular formula is C34H37F4N7O4. The van der Waals surface area contributed by atoms with Gasteiger partial charge in [-0.1, -0.05) is 25.1 Å². The van der Waals surface area contributed by atoms with Gasteiger partial charge < -0.3 is 30.5 Å². The molecule has 2 aromatic heterocycles. The number of hydrogen-bond acceptors (Lipinski definition) is 9. The van der Waals surface area contributed by atoms with Crippen LogP contribution in [0.3, 0.4) is 0 Å². The van der Waals surface area contributed by atoms with Crippen molar-refractivity contribution in [1.29, 1.82) is 0 Å². The van der Waals surface area contributed by atoms with Crippen LogP contribution in [0.4, 0.5) is 29.3 Å². The Morgan fingerprint density at radius 2 is 1.86 bits per heavy atom. The number of alkyl halides is 3. The highest BCUT2D eigenvalue weighted by atomic mass is 19.4. The summed E-state index contributed by atoms with van der Waals surface area (Å²) in [6.07, 6.45) is -3.28. The lowest BCUT2D eigenvalue weighted by molar-refractivity contribution is -0.198. The first-order valence-corrected chi connectivity index (χ1v) is 16.0. The number of nitrogens with two attached hydrogens (primary N) is 1. The fourth-order valence-corrected chi connectivity index (χ4v) is 6.46. The van der Waals surface area contributed by atoms with Crippen molar-refractivity contribution in [2.75, 3.05) is 36.9 Å². The molecule has 0 unspecified atom stereocenters. The average Bonchev–Trinajstić information content (AvgIpc) is 3.69. The molecular weight excluding hydrogens is 646 g/mol. The van der Waals surface area contributed by atoms with Crippen molar-refractivity contribution >= 4 is 17.7 Å². The third-order valence-corrected chi connectivity index (χ3v) is 9.06. The molecule has 0 bridgehead atoms. The highest BCUT2D eigenvalue weighted by molar-refractivity contribution is 5.74. The van der Waals surface area contributed by atoms with E-state index in [0.29, 0.717) is 74.6 Å². The van der Waals surface area contributed by atoms with E-state index in [1.807, 2.05) is 11.8 Å². The zero-order valence-corrected chi connectivity index (χ0v) is 27.0. The number of nitrogens with zero attached hydrogens (tertiary/aromatic N) is 5. The zero-order valence-electron chi connectivity index (χ0n) is 27.0. The summed E-state index contributed by atoms with van der Waals surface area (Å²) < 4.78 is 71.9. The van der Waals surface area contributed by atoms with Crippen LogP contribution in [0.15, 0.2) is 54.7 Å². The second kappa shape index (κ2) is 13.5. The highest BCUT2D eigenvalue weighted by Crippen LogP contribution is 2.43. The molecule has 4 N–H and O–H groups in total. The summed E-state index contributed by atoms with van der Waals surface area (Å²) in [5, 5.41) is 16.8. The van der Waals surface area contributed by atoms with Crippen molar-refractivity contribution in [3.63, 3.8) is 0 Å². The van der Waals surface area contributed by atoms with Crippen molar-refractivity contribution in [2.45, 2.75) is 57.9 Å². The number of aromatic nitrogens is 4. The minimum atomic E-state index is -4.89. The van der Waals surface area contributed by atoms with Gasteiger partial charge in [0.05, 0.1) is 18.0 Å². The van der Waals surface area contributed by atoms with Crippen LogP contribution in [0.2, 0.25) is 0 Å². The van der Waals surface area contributed by atoms with Crippen molar-refractivity contribution in [3.8, 4) is 28.4 Å². The predicted octanol–water partition coefficient (Wildman–Crippen LogP) is 5.86. The number of rotatable bonds is 10. The van der Waals surface area contributed by atoms with Crippen LogP contribution in [0.25, 0.3) is 16.8 Å². The Kier molecular flexibility index (Phi) is 9.38. The van der Waals surface area contributed by atoms with E-state index < -0.39 is 30.1 Å². The van der Waals surface area contributed by atoms with Crippen molar-refractivity contribution in [3.05, 3.63) is 71.8 Å². The lowest BCUT2D eigenvalue weighted by Gasteiger charge is -2.39. The topological polar surface area (TPSA) is 141 Å². The number of carbonyl (C=O) groups is 1. The summed E-state index contributed by atoms with van der Waals surface area (Å²) in [6, 6.07) is 11.0. The van der Waals surface area contributed by atoms with Crippen LogP contribution in [-0.2, 0) is 4.79 Å². The molecule has 260 valence electrons. The van der Waals surface area contributed by atoms with Crippen molar-refractivity contribution < 1.29 is 36.9 Å². The molecule has 2 aliphatic rings. The smallest absolute Gasteiger partial charge is 0.429 e. The number of carboxylic acids is 1. The molecule has 2 atom stereocenters. The fraction of sp³-hybridized carbons (Fsp3) is 0.412. The molecule has 2 aliphatic heterocycles. The number of aryl methyl sites for hydroxylation is 1. The van der Waals surface area contributed by atoms with E-state index in [0.717, 1.165) is 0 Å². The van der Waals surface area contributed by atoms with Crippen LogP contribution >= 0.6 is 0 Å². The van der Waals surface area contributed by atoms with Gasteiger partial charge in [0.1, 0.15) is 11.9 Å². The first-order valence-electron chi connectivity index (χ1n) is 16.0. The lowest BCUT2D eigenvalue weighted by atomic mass is 9.76. The number of piperidine rings is 1. The van der Waals surface area contributed by atoms with E-state index in [-0.39, 0.29) is 34.2 Å². The summed E-state index contributed by atoms with van der Waals surface area (Å²) in [7, 11) is 0. The SMILES string of the molecule is CCCOc1ccc(-c2ccc([C@@H](Oc3cc(N4CCC5(CC4)CN[C@H](C(=O)O)C5)nc(N)n3)C(F)(F)F)c(-n3ccc(C)n3)c2)cc1F. The van der Waals surface area contributed by atoms with Gasteiger partial charge in [0.2, 0.25) is 17.9 Å². The maximum Gasteiger partial charge on any atom is 0.429 e. The molecule has 2 saturated heterocycles. The Morgan fingerprint density at radius 3 is 2.49 bits per heavy atom. The molecule has 0 aliphatic carbocycles. The van der Waals surface area contributed by atoms with Crippen LogP contribution in [-0.4, -0.2) is 69.3 Å². The minimum Gasteiger partial charge on any atom is -0.491 e. The maximum absolute atomic E-state index is 14.9. The number of ether oxygens (including phenoxy) is 2. The standard InChI is InChI=1S/C34H37F4N7O4/c1-3-14-48-27-7-5-21(15-24(27)35)22-4-6-23(26(16-22)45-11-8-20(2)43-45)30(34(36,37)38)49-29-17-28(41-32(39)42-29)44-12-9-33(10-13-44)18-25(31(46)47)40-19-33/h4-8,11,15-17,25,30,40H,3,9-10,12-14,18-19H2,1-2H3,(H,46,47)(H2,39,41,42)/t25-,30+/m0/s1. The maximum atomic E-state index is 14.9. The van der Waals surface area contributed by atoms with Gasteiger partial charge in [-0.25, -0.2) is 9.07 Å².